The Hall–Kier alpha value is -2.11. The van der Waals surface area contributed by atoms with Gasteiger partial charge in [0, 0.05) is 25.1 Å². The molecular formula is C11H11N3O3. The van der Waals surface area contributed by atoms with Crippen molar-refractivity contribution >= 4 is 11.6 Å². The van der Waals surface area contributed by atoms with Gasteiger partial charge in [0.25, 0.3) is 5.56 Å². The van der Waals surface area contributed by atoms with Crippen molar-refractivity contribution in [3.63, 3.8) is 0 Å². The highest BCUT2D eigenvalue weighted by Gasteiger charge is 2.27. The minimum absolute atomic E-state index is 0.0234. The number of nitrogens with zero attached hydrogens (tertiary/aromatic N) is 3. The van der Waals surface area contributed by atoms with Crippen LogP contribution in [0, 0.1) is 0 Å². The summed E-state index contributed by atoms with van der Waals surface area (Å²) >= 11 is 0. The van der Waals surface area contributed by atoms with Crippen LogP contribution in [0.25, 0.3) is 5.65 Å². The largest absolute Gasteiger partial charge is 0.477 e. The summed E-state index contributed by atoms with van der Waals surface area (Å²) in [6.07, 6.45) is 2.18. The number of aryl methyl sites for hydroxylation is 1. The predicted octanol–water partition coefficient (Wildman–Crippen LogP) is 0.609. The third-order valence-corrected chi connectivity index (χ3v) is 3.10. The molecule has 1 aliphatic carbocycles. The fourth-order valence-electron chi connectivity index (χ4n) is 1.97. The van der Waals surface area contributed by atoms with Crippen molar-refractivity contribution in [2.24, 2.45) is 7.05 Å². The second-order valence-electron chi connectivity index (χ2n) is 4.35. The number of carbonyl (C=O) groups is 1. The molecule has 0 saturated heterocycles. The molecule has 3 rings (SSSR count). The summed E-state index contributed by atoms with van der Waals surface area (Å²) in [5, 5.41) is 13.2. The third kappa shape index (κ3) is 1.44. The molecule has 6 nitrogen and oxygen atoms in total. The lowest BCUT2D eigenvalue weighted by Crippen LogP contribution is -2.21. The van der Waals surface area contributed by atoms with Gasteiger partial charge >= 0.3 is 5.97 Å². The first-order valence-corrected chi connectivity index (χ1v) is 5.41. The van der Waals surface area contributed by atoms with Crippen molar-refractivity contribution in [2.75, 3.05) is 0 Å². The van der Waals surface area contributed by atoms with E-state index in [0.29, 0.717) is 11.6 Å². The number of aromatic nitrogens is 3. The Morgan fingerprint density at radius 2 is 2.18 bits per heavy atom. The summed E-state index contributed by atoms with van der Waals surface area (Å²) in [5.74, 6) is -0.677. The summed E-state index contributed by atoms with van der Waals surface area (Å²) in [5.41, 5.74) is 0.976. The fraction of sp³-hybridized carbons (Fsp3) is 0.364. The van der Waals surface area contributed by atoms with Crippen LogP contribution in [0.3, 0.4) is 0 Å². The van der Waals surface area contributed by atoms with Crippen molar-refractivity contribution in [3.8, 4) is 0 Å². The minimum atomic E-state index is -1.11. The van der Waals surface area contributed by atoms with Gasteiger partial charge in [-0.05, 0) is 12.8 Å². The van der Waals surface area contributed by atoms with E-state index in [0.717, 1.165) is 24.6 Å². The summed E-state index contributed by atoms with van der Waals surface area (Å²) in [7, 11) is 1.62. The summed E-state index contributed by atoms with van der Waals surface area (Å²) in [6, 6.07) is 2.89. The van der Waals surface area contributed by atoms with Gasteiger partial charge in [0.05, 0.1) is 5.69 Å². The Balaban J connectivity index is 2.33. The fourth-order valence-corrected chi connectivity index (χ4v) is 1.97. The van der Waals surface area contributed by atoms with E-state index in [-0.39, 0.29) is 5.69 Å². The van der Waals surface area contributed by atoms with E-state index in [1.807, 2.05) is 0 Å². The molecule has 1 aliphatic rings. The van der Waals surface area contributed by atoms with E-state index in [9.17, 15) is 9.59 Å². The number of aromatic carboxylic acids is 1. The highest BCUT2D eigenvalue weighted by Crippen LogP contribution is 2.39. The minimum Gasteiger partial charge on any atom is -0.477 e. The first kappa shape index (κ1) is 10.1. The van der Waals surface area contributed by atoms with Gasteiger partial charge in [0.15, 0.2) is 0 Å². The molecule has 0 spiro atoms. The Morgan fingerprint density at radius 1 is 1.47 bits per heavy atom. The Bertz CT molecular complexity index is 679. The molecule has 2 aromatic rings. The average molecular weight is 233 g/mol. The standard InChI is InChI=1S/C11H11N3O3/c1-13-8(11(16)17)5-10(15)14-9(13)4-7(12-14)6-2-3-6/h4-6H,2-3H2,1H3,(H,16,17). The first-order valence-electron chi connectivity index (χ1n) is 5.41. The molecule has 0 unspecified atom stereocenters. The van der Waals surface area contributed by atoms with Gasteiger partial charge in [-0.3, -0.25) is 4.79 Å². The van der Waals surface area contributed by atoms with Gasteiger partial charge in [0.1, 0.15) is 11.3 Å². The Morgan fingerprint density at radius 3 is 2.76 bits per heavy atom. The molecule has 0 bridgehead atoms. The van der Waals surface area contributed by atoms with Gasteiger partial charge < -0.3 is 9.67 Å². The molecule has 0 aromatic carbocycles. The van der Waals surface area contributed by atoms with Gasteiger partial charge in [-0.25, -0.2) is 4.79 Å². The second kappa shape index (κ2) is 3.19. The quantitative estimate of drug-likeness (QED) is 0.824. The number of fused-ring (bicyclic) bond motifs is 1. The average Bonchev–Trinajstić information content (AvgIpc) is 3.02. The normalized spacial score (nSPS) is 15.4. The number of carboxylic acid groups (broad SMARTS) is 1. The molecule has 0 aliphatic heterocycles. The second-order valence-corrected chi connectivity index (χ2v) is 4.35. The maximum Gasteiger partial charge on any atom is 0.352 e. The highest BCUT2D eigenvalue weighted by molar-refractivity contribution is 5.86. The molecule has 1 saturated carbocycles. The summed E-state index contributed by atoms with van der Waals surface area (Å²) in [4.78, 5) is 22.7. The topological polar surface area (TPSA) is 76.6 Å². The number of hydrogen-bond donors (Lipinski definition) is 1. The van der Waals surface area contributed by atoms with Gasteiger partial charge in [-0.1, -0.05) is 0 Å². The molecule has 6 heteroatoms. The molecule has 2 heterocycles. The van der Waals surface area contributed by atoms with Crippen LogP contribution < -0.4 is 5.56 Å². The van der Waals surface area contributed by atoms with Crippen molar-refractivity contribution in [2.45, 2.75) is 18.8 Å². The van der Waals surface area contributed by atoms with Crippen molar-refractivity contribution < 1.29 is 9.90 Å². The van der Waals surface area contributed by atoms with Crippen molar-refractivity contribution in [3.05, 3.63) is 33.9 Å². The highest BCUT2D eigenvalue weighted by atomic mass is 16.4. The van der Waals surface area contributed by atoms with Crippen LogP contribution in [0.4, 0.5) is 0 Å². The number of carboxylic acids is 1. The van der Waals surface area contributed by atoms with Gasteiger partial charge in [0.2, 0.25) is 0 Å². The zero-order valence-electron chi connectivity index (χ0n) is 9.25. The van der Waals surface area contributed by atoms with Crippen LogP contribution in [0.5, 0.6) is 0 Å². The number of rotatable bonds is 2. The molecule has 2 aromatic heterocycles. The third-order valence-electron chi connectivity index (χ3n) is 3.10. The predicted molar refractivity (Wildman–Crippen MR) is 59.4 cm³/mol. The molecule has 88 valence electrons. The van der Waals surface area contributed by atoms with E-state index in [1.165, 1.54) is 9.08 Å². The smallest absolute Gasteiger partial charge is 0.352 e. The van der Waals surface area contributed by atoms with E-state index in [1.54, 1.807) is 13.1 Å². The lowest BCUT2D eigenvalue weighted by molar-refractivity contribution is 0.0685. The van der Waals surface area contributed by atoms with Crippen LogP contribution in [0.2, 0.25) is 0 Å². The van der Waals surface area contributed by atoms with Crippen LogP contribution in [0.1, 0.15) is 34.9 Å². The SMILES string of the molecule is Cn1c(C(=O)O)cc(=O)n2nc(C3CC3)cc12. The molecule has 0 atom stereocenters. The molecule has 1 N–H and O–H groups in total. The van der Waals surface area contributed by atoms with E-state index in [4.69, 9.17) is 5.11 Å². The molecule has 17 heavy (non-hydrogen) atoms. The lowest BCUT2D eigenvalue weighted by atomic mass is 10.3. The molecule has 1 fully saturated rings. The van der Waals surface area contributed by atoms with Gasteiger partial charge in [-0.2, -0.15) is 9.61 Å². The van der Waals surface area contributed by atoms with Crippen molar-refractivity contribution in [1.82, 2.24) is 14.2 Å². The molecule has 0 radical (unpaired) electrons. The van der Waals surface area contributed by atoms with Crippen LogP contribution in [-0.4, -0.2) is 25.3 Å². The zero-order valence-corrected chi connectivity index (χ0v) is 9.25. The van der Waals surface area contributed by atoms with Crippen LogP contribution in [-0.2, 0) is 7.05 Å². The van der Waals surface area contributed by atoms with Crippen LogP contribution in [0.15, 0.2) is 16.9 Å². The zero-order chi connectivity index (χ0) is 12.2. The van der Waals surface area contributed by atoms with E-state index < -0.39 is 11.5 Å². The summed E-state index contributed by atoms with van der Waals surface area (Å²) < 4.78 is 2.74. The maximum atomic E-state index is 11.7. The number of hydrogen-bond acceptors (Lipinski definition) is 3. The maximum absolute atomic E-state index is 11.7. The van der Waals surface area contributed by atoms with E-state index >= 15 is 0 Å². The first-order chi connectivity index (χ1) is 8.08. The van der Waals surface area contributed by atoms with Crippen LogP contribution >= 0.6 is 0 Å². The van der Waals surface area contributed by atoms with Crippen molar-refractivity contribution in [1.29, 1.82) is 0 Å². The molecular weight excluding hydrogens is 222 g/mol. The lowest BCUT2D eigenvalue weighted by Gasteiger charge is -2.05. The van der Waals surface area contributed by atoms with E-state index in [2.05, 4.69) is 5.10 Å². The monoisotopic (exact) mass is 233 g/mol. The summed E-state index contributed by atoms with van der Waals surface area (Å²) in [6.45, 7) is 0. The Kier molecular flexibility index (Phi) is 1.89. The molecule has 0 amide bonds. The Labute approximate surface area is 96.1 Å². The van der Waals surface area contributed by atoms with Gasteiger partial charge in [-0.15, -0.1) is 0 Å².